The Morgan fingerprint density at radius 3 is 1.17 bits per heavy atom. The van der Waals surface area contributed by atoms with Crippen LogP contribution in [0.5, 0.6) is 0 Å². The molecule has 0 heteroatoms. The lowest BCUT2D eigenvalue weighted by atomic mass is 10.1. The zero-order valence-corrected chi connectivity index (χ0v) is 7.29. The fraction of sp³-hybridized carbons (Fsp3) is 0. The summed E-state index contributed by atoms with van der Waals surface area (Å²) in [5, 5.41) is 0. The molecular formula is C12H14. The zero-order valence-electron chi connectivity index (χ0n) is 7.29. The van der Waals surface area contributed by atoms with Crippen molar-refractivity contribution in [3.05, 3.63) is 73.9 Å². The van der Waals surface area contributed by atoms with Crippen LogP contribution in [0.2, 0.25) is 0 Å². The summed E-state index contributed by atoms with van der Waals surface area (Å²) >= 11 is 0. The van der Waals surface area contributed by atoms with E-state index in [-0.39, 0.29) is 0 Å². The first-order valence-corrected chi connectivity index (χ1v) is 3.70. The highest BCUT2D eigenvalue weighted by Gasteiger charge is 1.92. The first kappa shape index (κ1) is 10.4. The highest BCUT2D eigenvalue weighted by atomic mass is 14.0. The molecule has 0 saturated carbocycles. The molecule has 0 unspecified atom stereocenters. The first-order chi connectivity index (χ1) is 5.79. The van der Waals surface area contributed by atoms with Crippen LogP contribution >= 0.6 is 0 Å². The lowest BCUT2D eigenvalue weighted by Gasteiger charge is -1.99. The molecule has 0 nitrogen and oxygen atoms in total. The van der Waals surface area contributed by atoms with Gasteiger partial charge in [-0.15, -0.1) is 0 Å². The molecule has 0 aromatic rings. The molecule has 0 aliphatic heterocycles. The molecule has 0 amide bonds. The molecule has 0 aliphatic carbocycles. The fourth-order valence-corrected chi connectivity index (χ4v) is 0.818. The van der Waals surface area contributed by atoms with Crippen molar-refractivity contribution in [3.8, 4) is 0 Å². The standard InChI is InChI=1S/C12H14/c1-5-9-11(7-3)12(8-4)10-6-2/h5-10H,1-4H2/b11-9-,12-10-. The third-order valence-electron chi connectivity index (χ3n) is 1.37. The molecule has 62 valence electrons. The minimum absolute atomic E-state index is 1.000. The third-order valence-corrected chi connectivity index (χ3v) is 1.37. The van der Waals surface area contributed by atoms with Crippen molar-refractivity contribution in [2.75, 3.05) is 0 Å². The van der Waals surface area contributed by atoms with Crippen LogP contribution in [0, 0.1) is 0 Å². The second-order valence-electron chi connectivity index (χ2n) is 2.12. The number of hydrogen-bond acceptors (Lipinski definition) is 0. The molecule has 0 radical (unpaired) electrons. The Morgan fingerprint density at radius 2 is 1.00 bits per heavy atom. The Morgan fingerprint density at radius 1 is 0.667 bits per heavy atom. The van der Waals surface area contributed by atoms with Crippen LogP contribution in [0.25, 0.3) is 0 Å². The van der Waals surface area contributed by atoms with Gasteiger partial charge in [0.15, 0.2) is 0 Å². The minimum atomic E-state index is 1.000. The van der Waals surface area contributed by atoms with Crippen LogP contribution in [0.1, 0.15) is 0 Å². The highest BCUT2D eigenvalue weighted by Crippen LogP contribution is 2.12. The van der Waals surface area contributed by atoms with E-state index in [0.717, 1.165) is 11.1 Å². The highest BCUT2D eigenvalue weighted by molar-refractivity contribution is 5.47. The van der Waals surface area contributed by atoms with E-state index in [1.165, 1.54) is 0 Å². The van der Waals surface area contributed by atoms with Crippen LogP contribution in [-0.2, 0) is 0 Å². The van der Waals surface area contributed by atoms with Gasteiger partial charge < -0.3 is 0 Å². The SMILES string of the molecule is C=C/C=C(C=C)\C(C=C)=C/C=C. The van der Waals surface area contributed by atoms with E-state index in [4.69, 9.17) is 0 Å². The second kappa shape index (κ2) is 6.17. The topological polar surface area (TPSA) is 0 Å². The minimum Gasteiger partial charge on any atom is -0.0990 e. The summed E-state index contributed by atoms with van der Waals surface area (Å²) in [7, 11) is 0. The number of rotatable bonds is 5. The zero-order chi connectivity index (χ0) is 9.40. The van der Waals surface area contributed by atoms with Gasteiger partial charge in [-0.2, -0.15) is 0 Å². The van der Waals surface area contributed by atoms with Crippen molar-refractivity contribution < 1.29 is 0 Å². The Hall–Kier alpha value is -1.56. The summed E-state index contributed by atoms with van der Waals surface area (Å²) < 4.78 is 0. The van der Waals surface area contributed by atoms with Gasteiger partial charge in [-0.3, -0.25) is 0 Å². The van der Waals surface area contributed by atoms with Crippen LogP contribution in [0.3, 0.4) is 0 Å². The van der Waals surface area contributed by atoms with Crippen molar-refractivity contribution in [1.29, 1.82) is 0 Å². The van der Waals surface area contributed by atoms with Gasteiger partial charge >= 0.3 is 0 Å². The van der Waals surface area contributed by atoms with Crippen LogP contribution < -0.4 is 0 Å². The van der Waals surface area contributed by atoms with Gasteiger partial charge in [0.25, 0.3) is 0 Å². The molecule has 0 atom stereocenters. The average molecular weight is 158 g/mol. The monoisotopic (exact) mass is 158 g/mol. The van der Waals surface area contributed by atoms with Gasteiger partial charge in [0.05, 0.1) is 0 Å². The molecule has 12 heavy (non-hydrogen) atoms. The van der Waals surface area contributed by atoms with E-state index < -0.39 is 0 Å². The molecule has 0 aromatic carbocycles. The van der Waals surface area contributed by atoms with Crippen LogP contribution in [-0.4, -0.2) is 0 Å². The summed E-state index contributed by atoms with van der Waals surface area (Å²) in [6.45, 7) is 14.6. The molecular weight excluding hydrogens is 144 g/mol. The summed E-state index contributed by atoms with van der Waals surface area (Å²) in [5.74, 6) is 0. The van der Waals surface area contributed by atoms with Crippen molar-refractivity contribution >= 4 is 0 Å². The average Bonchev–Trinajstić information content (AvgIpc) is 2.11. The molecule has 0 fully saturated rings. The normalized spacial score (nSPS) is 12.0. The van der Waals surface area contributed by atoms with Gasteiger partial charge in [0, 0.05) is 0 Å². The molecule has 0 heterocycles. The Kier molecular flexibility index (Phi) is 5.37. The van der Waals surface area contributed by atoms with E-state index in [1.54, 1.807) is 24.3 Å². The maximum Gasteiger partial charge on any atom is -0.0190 e. The number of allylic oxidation sites excluding steroid dienone is 8. The largest absolute Gasteiger partial charge is 0.0990 e. The summed E-state index contributed by atoms with van der Waals surface area (Å²) in [6.07, 6.45) is 10.7. The maximum absolute atomic E-state index is 3.69. The second-order valence-corrected chi connectivity index (χ2v) is 2.12. The van der Waals surface area contributed by atoms with Gasteiger partial charge in [-0.05, 0) is 11.1 Å². The lowest BCUT2D eigenvalue weighted by Crippen LogP contribution is -1.80. The molecule has 0 spiro atoms. The molecule has 0 rings (SSSR count). The third kappa shape index (κ3) is 3.02. The van der Waals surface area contributed by atoms with Crippen molar-refractivity contribution in [3.63, 3.8) is 0 Å². The van der Waals surface area contributed by atoms with Gasteiger partial charge in [0.2, 0.25) is 0 Å². The smallest absolute Gasteiger partial charge is 0.0190 e. The molecule has 0 N–H and O–H groups in total. The molecule has 0 aromatic heterocycles. The van der Waals surface area contributed by atoms with E-state index in [9.17, 15) is 0 Å². The molecule has 0 bridgehead atoms. The Bertz CT molecular complexity index is 221. The Balaban J connectivity index is 4.91. The quantitative estimate of drug-likeness (QED) is 0.536. The van der Waals surface area contributed by atoms with Crippen LogP contribution in [0.4, 0.5) is 0 Å². The van der Waals surface area contributed by atoms with Gasteiger partial charge in [-0.1, -0.05) is 62.8 Å². The van der Waals surface area contributed by atoms with E-state index in [1.807, 2.05) is 12.2 Å². The molecule has 0 saturated heterocycles. The van der Waals surface area contributed by atoms with Crippen molar-refractivity contribution in [2.45, 2.75) is 0 Å². The molecule has 0 aliphatic rings. The predicted molar refractivity (Wildman–Crippen MR) is 57.0 cm³/mol. The lowest BCUT2D eigenvalue weighted by molar-refractivity contribution is 1.56. The van der Waals surface area contributed by atoms with Crippen molar-refractivity contribution in [2.24, 2.45) is 0 Å². The van der Waals surface area contributed by atoms with Crippen LogP contribution in [0.15, 0.2) is 73.9 Å². The summed E-state index contributed by atoms with van der Waals surface area (Å²) in [6, 6.07) is 0. The maximum atomic E-state index is 3.69. The van der Waals surface area contributed by atoms with E-state index in [2.05, 4.69) is 26.3 Å². The Labute approximate surface area is 74.6 Å². The summed E-state index contributed by atoms with van der Waals surface area (Å²) in [5.41, 5.74) is 2.00. The predicted octanol–water partition coefficient (Wildman–Crippen LogP) is 3.58. The van der Waals surface area contributed by atoms with E-state index in [0.29, 0.717) is 0 Å². The van der Waals surface area contributed by atoms with Crippen molar-refractivity contribution in [1.82, 2.24) is 0 Å². The number of hydrogen-bond donors (Lipinski definition) is 0. The van der Waals surface area contributed by atoms with Gasteiger partial charge in [-0.25, -0.2) is 0 Å². The van der Waals surface area contributed by atoms with E-state index >= 15 is 0 Å². The van der Waals surface area contributed by atoms with Gasteiger partial charge in [0.1, 0.15) is 0 Å². The first-order valence-electron chi connectivity index (χ1n) is 3.70. The summed E-state index contributed by atoms with van der Waals surface area (Å²) in [4.78, 5) is 0. The fourth-order valence-electron chi connectivity index (χ4n) is 0.818.